The van der Waals surface area contributed by atoms with Gasteiger partial charge < -0.3 is 28.3 Å². The number of para-hydroxylation sites is 2. The second-order valence-electron chi connectivity index (χ2n) is 8.25. The highest BCUT2D eigenvalue weighted by molar-refractivity contribution is 5.97. The topological polar surface area (TPSA) is 60.1 Å². The Kier molecular flexibility index (Phi) is 5.59. The average Bonchev–Trinajstić information content (AvgIpc) is 3.42. The number of aromatic nitrogens is 1. The van der Waals surface area contributed by atoms with E-state index in [1.165, 1.54) is 6.42 Å². The Labute approximate surface area is 182 Å². The monoisotopic (exact) mass is 423 g/mol. The van der Waals surface area contributed by atoms with Crippen LogP contribution in [0, 0.1) is 0 Å². The van der Waals surface area contributed by atoms with Crippen LogP contribution >= 0.6 is 0 Å². The lowest BCUT2D eigenvalue weighted by atomic mass is 10.1. The zero-order valence-corrected chi connectivity index (χ0v) is 18.0. The minimum Gasteiger partial charge on any atom is -0.495 e. The van der Waals surface area contributed by atoms with E-state index in [9.17, 15) is 4.79 Å². The summed E-state index contributed by atoms with van der Waals surface area (Å²) < 4.78 is 19.2. The van der Waals surface area contributed by atoms with Gasteiger partial charge in [0.2, 0.25) is 0 Å². The number of benzene rings is 1. The van der Waals surface area contributed by atoms with Crippen LogP contribution in [0.5, 0.6) is 5.75 Å². The Morgan fingerprint density at radius 1 is 1.13 bits per heavy atom. The predicted molar refractivity (Wildman–Crippen MR) is 119 cm³/mol. The van der Waals surface area contributed by atoms with Crippen molar-refractivity contribution in [3.8, 4) is 5.75 Å². The second-order valence-corrected chi connectivity index (χ2v) is 8.25. The molecule has 164 valence electrons. The van der Waals surface area contributed by atoms with Gasteiger partial charge in [-0.05, 0) is 31.4 Å². The number of furan rings is 1. The number of anilines is 1. The fourth-order valence-corrected chi connectivity index (χ4v) is 4.71. The third-order valence-corrected chi connectivity index (χ3v) is 6.39. The molecule has 31 heavy (non-hydrogen) atoms. The van der Waals surface area contributed by atoms with Crippen LogP contribution in [0.25, 0.3) is 11.1 Å². The minimum absolute atomic E-state index is 0.0573. The number of rotatable bonds is 5. The smallest absolute Gasteiger partial charge is 0.270 e. The highest BCUT2D eigenvalue weighted by atomic mass is 16.5. The van der Waals surface area contributed by atoms with E-state index in [0.29, 0.717) is 25.3 Å². The Hall–Kier alpha value is -2.93. The number of hydrogen-bond donors (Lipinski definition) is 0. The summed E-state index contributed by atoms with van der Waals surface area (Å²) in [5.41, 5.74) is 3.48. The van der Waals surface area contributed by atoms with Crippen molar-refractivity contribution in [2.45, 2.75) is 31.9 Å². The fourth-order valence-electron chi connectivity index (χ4n) is 4.71. The molecule has 0 spiro atoms. The van der Waals surface area contributed by atoms with Crippen molar-refractivity contribution >= 4 is 22.7 Å². The lowest BCUT2D eigenvalue weighted by molar-refractivity contribution is 0.00620. The van der Waals surface area contributed by atoms with E-state index in [2.05, 4.69) is 15.5 Å². The summed E-state index contributed by atoms with van der Waals surface area (Å²) in [6, 6.07) is 11.9. The summed E-state index contributed by atoms with van der Waals surface area (Å²) >= 11 is 0. The molecule has 2 aliphatic rings. The number of fused-ring (bicyclic) bond motifs is 1. The maximum atomic E-state index is 13.5. The van der Waals surface area contributed by atoms with E-state index in [-0.39, 0.29) is 12.0 Å². The summed E-state index contributed by atoms with van der Waals surface area (Å²) in [6.07, 6.45) is 5.15. The molecule has 4 heterocycles. The van der Waals surface area contributed by atoms with Crippen LogP contribution in [0.15, 0.2) is 47.1 Å². The zero-order chi connectivity index (χ0) is 21.2. The van der Waals surface area contributed by atoms with Gasteiger partial charge >= 0.3 is 0 Å². The van der Waals surface area contributed by atoms with Crippen molar-refractivity contribution in [2.75, 3.05) is 44.8 Å². The van der Waals surface area contributed by atoms with E-state index in [0.717, 1.165) is 55.1 Å². The van der Waals surface area contributed by atoms with Gasteiger partial charge in [-0.1, -0.05) is 12.1 Å². The van der Waals surface area contributed by atoms with E-state index < -0.39 is 0 Å². The molecule has 7 heteroatoms. The van der Waals surface area contributed by atoms with Gasteiger partial charge in [-0.3, -0.25) is 4.79 Å². The molecule has 1 aromatic carbocycles. The summed E-state index contributed by atoms with van der Waals surface area (Å²) in [5.74, 6) is 0.922. The van der Waals surface area contributed by atoms with Gasteiger partial charge in [-0.15, -0.1) is 0 Å². The number of methoxy groups -OCH3 is 1. The highest BCUT2D eigenvalue weighted by Crippen LogP contribution is 2.29. The van der Waals surface area contributed by atoms with Crippen molar-refractivity contribution in [1.82, 2.24) is 9.47 Å². The summed E-state index contributed by atoms with van der Waals surface area (Å²) in [4.78, 5) is 17.7. The van der Waals surface area contributed by atoms with E-state index in [1.807, 2.05) is 35.2 Å². The second kappa shape index (κ2) is 8.67. The van der Waals surface area contributed by atoms with Crippen LogP contribution in [0.1, 0.15) is 29.8 Å². The number of ether oxygens (including phenoxy) is 2. The Morgan fingerprint density at radius 2 is 1.97 bits per heavy atom. The first-order chi connectivity index (χ1) is 15.2. The molecule has 0 saturated carbocycles. The molecule has 2 saturated heterocycles. The first kappa shape index (κ1) is 20.0. The number of carbonyl (C=O) groups excluding carboxylic acids is 1. The van der Waals surface area contributed by atoms with Crippen molar-refractivity contribution in [1.29, 1.82) is 0 Å². The van der Waals surface area contributed by atoms with Crippen LogP contribution < -0.4 is 9.64 Å². The van der Waals surface area contributed by atoms with Gasteiger partial charge in [-0.2, -0.15) is 0 Å². The summed E-state index contributed by atoms with van der Waals surface area (Å²) in [5, 5.41) is 0. The standard InChI is InChI=1S/C24H29N3O4/c1-29-22-8-3-2-7-19(22)25-10-12-26(13-11-25)24(28)21-16-23-20(9-15-31-23)27(21)17-18-6-4-5-14-30-18/h2-3,7-9,15-16,18H,4-6,10-14,17H2,1H3. The lowest BCUT2D eigenvalue weighted by Crippen LogP contribution is -2.49. The molecule has 0 N–H and O–H groups in total. The third-order valence-electron chi connectivity index (χ3n) is 6.39. The summed E-state index contributed by atoms with van der Waals surface area (Å²) in [7, 11) is 1.69. The largest absolute Gasteiger partial charge is 0.495 e. The van der Waals surface area contributed by atoms with Gasteiger partial charge in [0, 0.05) is 51.5 Å². The van der Waals surface area contributed by atoms with Gasteiger partial charge in [0.25, 0.3) is 5.91 Å². The number of carbonyl (C=O) groups is 1. The average molecular weight is 424 g/mol. The van der Waals surface area contributed by atoms with Crippen molar-refractivity contribution in [3.63, 3.8) is 0 Å². The maximum Gasteiger partial charge on any atom is 0.270 e. The normalized spacial score (nSPS) is 19.7. The fraction of sp³-hybridized carbons (Fsp3) is 0.458. The first-order valence-corrected chi connectivity index (χ1v) is 11.1. The SMILES string of the molecule is COc1ccccc1N1CCN(C(=O)c2cc3occc3n2CC2CCCCO2)CC1. The number of nitrogens with zero attached hydrogens (tertiary/aromatic N) is 3. The van der Waals surface area contributed by atoms with Crippen LogP contribution in [0.4, 0.5) is 5.69 Å². The molecular formula is C24H29N3O4. The Morgan fingerprint density at radius 3 is 2.74 bits per heavy atom. The maximum absolute atomic E-state index is 13.5. The van der Waals surface area contributed by atoms with Gasteiger partial charge in [-0.25, -0.2) is 0 Å². The Balaban J connectivity index is 1.32. The number of amides is 1. The third kappa shape index (κ3) is 3.90. The quantitative estimate of drug-likeness (QED) is 0.625. The van der Waals surface area contributed by atoms with Crippen molar-refractivity contribution in [2.24, 2.45) is 0 Å². The van der Waals surface area contributed by atoms with Crippen molar-refractivity contribution < 1.29 is 18.7 Å². The molecular weight excluding hydrogens is 394 g/mol. The lowest BCUT2D eigenvalue weighted by Gasteiger charge is -2.36. The molecule has 2 fully saturated rings. The molecule has 1 amide bonds. The van der Waals surface area contributed by atoms with Crippen LogP contribution in [-0.4, -0.2) is 61.4 Å². The highest BCUT2D eigenvalue weighted by Gasteiger charge is 2.28. The molecule has 1 unspecified atom stereocenters. The van der Waals surface area contributed by atoms with E-state index >= 15 is 0 Å². The van der Waals surface area contributed by atoms with Gasteiger partial charge in [0.05, 0.1) is 30.7 Å². The molecule has 7 nitrogen and oxygen atoms in total. The Bertz CT molecular complexity index is 1040. The zero-order valence-electron chi connectivity index (χ0n) is 18.0. The molecule has 0 bridgehead atoms. The first-order valence-electron chi connectivity index (χ1n) is 11.1. The minimum atomic E-state index is 0.0573. The molecule has 5 rings (SSSR count). The van der Waals surface area contributed by atoms with Gasteiger partial charge in [0.15, 0.2) is 5.58 Å². The van der Waals surface area contributed by atoms with Crippen molar-refractivity contribution in [3.05, 3.63) is 48.4 Å². The molecule has 0 radical (unpaired) electrons. The number of hydrogen-bond acceptors (Lipinski definition) is 5. The molecule has 2 aliphatic heterocycles. The van der Waals surface area contributed by atoms with Gasteiger partial charge in [0.1, 0.15) is 11.4 Å². The van der Waals surface area contributed by atoms with Crippen LogP contribution in [0.3, 0.4) is 0 Å². The van der Waals surface area contributed by atoms with E-state index in [1.54, 1.807) is 13.4 Å². The van der Waals surface area contributed by atoms with E-state index in [4.69, 9.17) is 13.9 Å². The molecule has 1 atom stereocenters. The van der Waals surface area contributed by atoms with Crippen LogP contribution in [0.2, 0.25) is 0 Å². The van der Waals surface area contributed by atoms with Crippen LogP contribution in [-0.2, 0) is 11.3 Å². The predicted octanol–water partition coefficient (Wildman–Crippen LogP) is 3.77. The summed E-state index contributed by atoms with van der Waals surface area (Å²) in [6.45, 7) is 4.37. The molecule has 3 aromatic rings. The molecule has 2 aromatic heterocycles. The molecule has 0 aliphatic carbocycles. The number of piperazine rings is 1.